The van der Waals surface area contributed by atoms with Crippen molar-refractivity contribution in [3.63, 3.8) is 0 Å². The van der Waals surface area contributed by atoms with E-state index in [9.17, 15) is 29.4 Å². The summed E-state index contributed by atoms with van der Waals surface area (Å²) in [4.78, 5) is 53.1. The molecule has 1 saturated carbocycles. The van der Waals surface area contributed by atoms with Gasteiger partial charge in [-0.15, -0.1) is 5.10 Å². The van der Waals surface area contributed by atoms with Crippen LogP contribution in [0.15, 0.2) is 36.5 Å². The molecule has 15 heteroatoms. The first-order valence-corrected chi connectivity index (χ1v) is 14.8. The van der Waals surface area contributed by atoms with E-state index in [1.807, 2.05) is 18.2 Å². The molecule has 15 nitrogen and oxygen atoms in total. The Balaban J connectivity index is 1.51. The van der Waals surface area contributed by atoms with Crippen LogP contribution < -0.4 is 22.1 Å². The van der Waals surface area contributed by atoms with Gasteiger partial charge in [0.2, 0.25) is 17.7 Å². The van der Waals surface area contributed by atoms with Gasteiger partial charge in [0.25, 0.3) is 0 Å². The third-order valence-corrected chi connectivity index (χ3v) is 8.32. The highest BCUT2D eigenvalue weighted by Gasteiger charge is 2.48. The molecule has 2 aliphatic rings. The van der Waals surface area contributed by atoms with Crippen molar-refractivity contribution in [3.05, 3.63) is 47.8 Å². The Morgan fingerprint density at radius 2 is 1.84 bits per heavy atom. The number of rotatable bonds is 11. The monoisotopic (exact) mass is 614 g/mol. The van der Waals surface area contributed by atoms with E-state index in [0.717, 1.165) is 12.0 Å². The first kappa shape index (κ1) is 32.8. The SMILES string of the molecule is CC(C)(O)c1cnnn1[C@H]1C[C@@H](C(=O)NC2(C(O)C(N)=O)CCCCC2)N(C(=O)[C@H](N)CNC(=O)OCc2ccccc2)C1. The van der Waals surface area contributed by atoms with E-state index in [1.54, 1.807) is 26.0 Å². The molecular formula is C29H42N8O7. The number of hydrogen-bond acceptors (Lipinski definition) is 10. The van der Waals surface area contributed by atoms with E-state index < -0.39 is 59.2 Å². The number of aromatic nitrogens is 3. The minimum atomic E-state index is -1.61. The predicted molar refractivity (Wildman–Crippen MR) is 156 cm³/mol. The van der Waals surface area contributed by atoms with Crippen LogP contribution in [0.25, 0.3) is 0 Å². The molecule has 8 N–H and O–H groups in total. The van der Waals surface area contributed by atoms with Crippen LogP contribution >= 0.6 is 0 Å². The quantitative estimate of drug-likeness (QED) is 0.191. The van der Waals surface area contributed by atoms with Crippen molar-refractivity contribution in [3.8, 4) is 0 Å². The number of alkyl carbamates (subject to hydrolysis) is 1. The maximum atomic E-state index is 13.9. The fraction of sp³-hybridized carbons (Fsp3) is 0.586. The van der Waals surface area contributed by atoms with Crippen LogP contribution in [-0.4, -0.2) is 90.7 Å². The van der Waals surface area contributed by atoms with Crippen molar-refractivity contribution < 1.29 is 34.1 Å². The fourth-order valence-corrected chi connectivity index (χ4v) is 5.95. The first-order valence-electron chi connectivity index (χ1n) is 14.8. The van der Waals surface area contributed by atoms with Crippen LogP contribution in [0.5, 0.6) is 0 Å². The van der Waals surface area contributed by atoms with Gasteiger partial charge in [-0.1, -0.05) is 54.8 Å². The van der Waals surface area contributed by atoms with E-state index in [-0.39, 0.29) is 26.1 Å². The second kappa shape index (κ2) is 13.7. The molecule has 2 heterocycles. The largest absolute Gasteiger partial charge is 0.445 e. The van der Waals surface area contributed by atoms with Gasteiger partial charge in [-0.2, -0.15) is 0 Å². The predicted octanol–water partition coefficient (Wildman–Crippen LogP) is -0.433. The molecule has 1 aliphatic carbocycles. The van der Waals surface area contributed by atoms with Gasteiger partial charge in [-0.05, 0) is 32.3 Å². The highest BCUT2D eigenvalue weighted by atomic mass is 16.5. The van der Waals surface area contributed by atoms with E-state index in [2.05, 4.69) is 20.9 Å². The molecule has 1 aromatic heterocycles. The molecule has 0 spiro atoms. The van der Waals surface area contributed by atoms with Gasteiger partial charge >= 0.3 is 6.09 Å². The number of amides is 4. The average molecular weight is 615 g/mol. The standard InChI is InChI=1S/C29H42N8O7/c1-28(2,43)22-15-33-35-37(22)19-13-21(25(40)34-29(23(38)24(31)39)11-7-4-8-12-29)36(16-19)26(41)20(30)14-32-27(42)44-17-18-9-5-3-6-10-18/h3,5-6,9-10,15,19-21,23,38,43H,4,7-8,11-14,16-17,30H2,1-2H3,(H2,31,39)(H,32,42)(H,34,40)/t19-,20+,21-,23?/m0/s1. The molecule has 1 aliphatic heterocycles. The molecular weight excluding hydrogens is 572 g/mol. The first-order chi connectivity index (χ1) is 20.8. The minimum Gasteiger partial charge on any atom is -0.445 e. The second-order valence-corrected chi connectivity index (χ2v) is 12.1. The lowest BCUT2D eigenvalue weighted by Gasteiger charge is -2.41. The highest BCUT2D eigenvalue weighted by Crippen LogP contribution is 2.34. The van der Waals surface area contributed by atoms with Crippen molar-refractivity contribution in [1.29, 1.82) is 0 Å². The van der Waals surface area contributed by atoms with Gasteiger partial charge in [0.05, 0.1) is 23.5 Å². The molecule has 4 amide bonds. The highest BCUT2D eigenvalue weighted by molar-refractivity contribution is 5.92. The molecule has 4 atom stereocenters. The summed E-state index contributed by atoms with van der Waals surface area (Å²) in [5.41, 5.74) is 10.2. The Labute approximate surface area is 255 Å². The molecule has 2 aromatic rings. The van der Waals surface area contributed by atoms with Gasteiger partial charge in [0, 0.05) is 19.5 Å². The smallest absolute Gasteiger partial charge is 0.407 e. The topological polar surface area (TPSA) is 228 Å². The zero-order valence-electron chi connectivity index (χ0n) is 25.0. The number of benzene rings is 1. The lowest BCUT2D eigenvalue weighted by atomic mass is 9.77. The Bertz CT molecular complexity index is 1320. The van der Waals surface area contributed by atoms with Gasteiger partial charge in [0.15, 0.2) is 6.10 Å². The van der Waals surface area contributed by atoms with Crippen molar-refractivity contribution in [2.75, 3.05) is 13.1 Å². The summed E-state index contributed by atoms with van der Waals surface area (Å²) in [6.07, 6.45) is 2.03. The molecule has 4 rings (SSSR count). The Morgan fingerprint density at radius 1 is 1.16 bits per heavy atom. The summed E-state index contributed by atoms with van der Waals surface area (Å²) >= 11 is 0. The lowest BCUT2D eigenvalue weighted by molar-refractivity contribution is -0.143. The number of carbonyl (C=O) groups excluding carboxylic acids is 4. The molecule has 0 bridgehead atoms. The van der Waals surface area contributed by atoms with Crippen LogP contribution in [0.3, 0.4) is 0 Å². The lowest BCUT2D eigenvalue weighted by Crippen LogP contribution is -2.64. The maximum absolute atomic E-state index is 13.9. The summed E-state index contributed by atoms with van der Waals surface area (Å²) < 4.78 is 6.67. The van der Waals surface area contributed by atoms with Crippen molar-refractivity contribution in [1.82, 2.24) is 30.5 Å². The van der Waals surface area contributed by atoms with Gasteiger partial charge < -0.3 is 42.0 Å². The van der Waals surface area contributed by atoms with E-state index in [4.69, 9.17) is 16.2 Å². The van der Waals surface area contributed by atoms with E-state index in [1.165, 1.54) is 15.8 Å². The summed E-state index contributed by atoms with van der Waals surface area (Å²) in [5, 5.41) is 34.8. The zero-order chi connectivity index (χ0) is 32.1. The molecule has 2 fully saturated rings. The normalized spacial score (nSPS) is 21.2. The van der Waals surface area contributed by atoms with Crippen LogP contribution in [-0.2, 0) is 31.3 Å². The van der Waals surface area contributed by atoms with Gasteiger partial charge in [-0.3, -0.25) is 14.4 Å². The number of aliphatic hydroxyl groups excluding tert-OH is 1. The van der Waals surface area contributed by atoms with Crippen molar-refractivity contribution in [2.24, 2.45) is 11.5 Å². The Hall–Kier alpha value is -4.08. The number of hydrogen-bond donors (Lipinski definition) is 6. The zero-order valence-corrected chi connectivity index (χ0v) is 25.0. The fourth-order valence-electron chi connectivity index (χ4n) is 5.95. The number of ether oxygens (including phenoxy) is 1. The molecule has 240 valence electrons. The average Bonchev–Trinajstić information content (AvgIpc) is 3.67. The number of likely N-dealkylation sites (tertiary alicyclic amines) is 1. The Kier molecular flexibility index (Phi) is 10.2. The number of nitrogens with one attached hydrogen (secondary N) is 2. The van der Waals surface area contributed by atoms with Crippen LogP contribution in [0.2, 0.25) is 0 Å². The number of nitrogens with zero attached hydrogens (tertiary/aromatic N) is 4. The molecule has 0 radical (unpaired) electrons. The van der Waals surface area contributed by atoms with Crippen LogP contribution in [0.4, 0.5) is 4.79 Å². The number of carbonyl (C=O) groups is 4. The van der Waals surface area contributed by atoms with Crippen LogP contribution in [0.1, 0.15) is 69.7 Å². The van der Waals surface area contributed by atoms with Crippen LogP contribution in [0, 0.1) is 0 Å². The summed E-state index contributed by atoms with van der Waals surface area (Å²) in [6, 6.07) is 6.22. The van der Waals surface area contributed by atoms with E-state index in [0.29, 0.717) is 31.4 Å². The maximum Gasteiger partial charge on any atom is 0.407 e. The third kappa shape index (κ3) is 7.52. The molecule has 1 unspecified atom stereocenters. The number of nitrogens with two attached hydrogens (primary N) is 2. The van der Waals surface area contributed by atoms with Gasteiger partial charge in [0.1, 0.15) is 24.3 Å². The molecule has 1 aromatic carbocycles. The summed E-state index contributed by atoms with van der Waals surface area (Å²) in [6.45, 7) is 2.92. The number of primary amides is 1. The minimum absolute atomic E-state index is 0.000880. The van der Waals surface area contributed by atoms with Crippen molar-refractivity contribution >= 4 is 23.8 Å². The van der Waals surface area contributed by atoms with E-state index >= 15 is 0 Å². The Morgan fingerprint density at radius 3 is 2.48 bits per heavy atom. The summed E-state index contributed by atoms with van der Waals surface area (Å²) in [7, 11) is 0. The number of aliphatic hydroxyl groups is 2. The second-order valence-electron chi connectivity index (χ2n) is 12.1. The third-order valence-electron chi connectivity index (χ3n) is 8.32. The van der Waals surface area contributed by atoms with Gasteiger partial charge in [-0.25, -0.2) is 9.48 Å². The van der Waals surface area contributed by atoms with Crippen molar-refractivity contribution in [2.45, 2.75) is 94.3 Å². The molecule has 44 heavy (non-hydrogen) atoms. The summed E-state index contributed by atoms with van der Waals surface area (Å²) in [5.74, 6) is -2.15. The molecule has 1 saturated heterocycles.